The normalized spacial score (nSPS) is 14.1. The summed E-state index contributed by atoms with van der Waals surface area (Å²) in [7, 11) is 0. The smallest absolute Gasteiger partial charge is 0.326 e. The number of aliphatic carboxylic acids is 1. The fourth-order valence-corrected chi connectivity index (χ4v) is 3.02. The van der Waals surface area contributed by atoms with E-state index in [1.54, 1.807) is 0 Å². The first kappa shape index (κ1) is 23.5. The van der Waals surface area contributed by atoms with E-state index in [2.05, 4.69) is 10.8 Å². The molecule has 1 amide bonds. The summed E-state index contributed by atoms with van der Waals surface area (Å²) in [6.45, 7) is 4.00. The van der Waals surface area contributed by atoms with Crippen molar-refractivity contribution in [1.29, 1.82) is 0 Å². The second kappa shape index (κ2) is 12.1. The number of carbonyl (C=O) groups excluding carboxylic acids is 1. The molecule has 3 atom stereocenters. The Morgan fingerprint density at radius 3 is 2.07 bits per heavy atom. The van der Waals surface area contributed by atoms with E-state index >= 15 is 0 Å². The molecule has 2 aromatic carbocycles. The van der Waals surface area contributed by atoms with Crippen LogP contribution in [0.5, 0.6) is 0 Å². The molecule has 0 saturated heterocycles. The summed E-state index contributed by atoms with van der Waals surface area (Å²) in [6, 6.07) is 17.1. The van der Waals surface area contributed by atoms with Gasteiger partial charge in [-0.2, -0.15) is 5.48 Å². The standard InChI is InChI=1S/C23H30N2O5/c1-16(2)13-20(23(28)29)24-22(27)21(26)19(14-17-9-5-3-6-10-17)25-30-15-18-11-7-4-8-12-18/h3-12,16,19-21,25-26H,13-15H2,1-2H3,(H,24,27)(H,28,29). The summed E-state index contributed by atoms with van der Waals surface area (Å²) in [4.78, 5) is 29.6. The van der Waals surface area contributed by atoms with Crippen molar-refractivity contribution in [3.05, 3.63) is 71.8 Å². The van der Waals surface area contributed by atoms with E-state index in [0.29, 0.717) is 6.42 Å². The average Bonchev–Trinajstić information content (AvgIpc) is 2.73. The van der Waals surface area contributed by atoms with E-state index < -0.39 is 30.1 Å². The molecular weight excluding hydrogens is 384 g/mol. The molecule has 0 aliphatic rings. The maximum Gasteiger partial charge on any atom is 0.326 e. The Kier molecular flexibility index (Phi) is 9.47. The minimum absolute atomic E-state index is 0.0796. The van der Waals surface area contributed by atoms with Crippen LogP contribution < -0.4 is 10.8 Å². The molecule has 162 valence electrons. The Morgan fingerprint density at radius 1 is 0.967 bits per heavy atom. The van der Waals surface area contributed by atoms with Gasteiger partial charge < -0.3 is 15.5 Å². The summed E-state index contributed by atoms with van der Waals surface area (Å²) in [5.41, 5.74) is 4.62. The predicted molar refractivity (Wildman–Crippen MR) is 113 cm³/mol. The number of carboxylic acids is 1. The summed E-state index contributed by atoms with van der Waals surface area (Å²) in [5, 5.41) is 22.4. The van der Waals surface area contributed by atoms with Gasteiger partial charge in [0.1, 0.15) is 6.04 Å². The van der Waals surface area contributed by atoms with Gasteiger partial charge in [-0.1, -0.05) is 74.5 Å². The highest BCUT2D eigenvalue weighted by Gasteiger charge is 2.30. The lowest BCUT2D eigenvalue weighted by Crippen LogP contribution is -2.53. The summed E-state index contributed by atoms with van der Waals surface area (Å²) < 4.78 is 0. The third-order valence-corrected chi connectivity index (χ3v) is 4.59. The van der Waals surface area contributed by atoms with Gasteiger partial charge in [0.15, 0.2) is 6.10 Å². The van der Waals surface area contributed by atoms with Crippen molar-refractivity contribution >= 4 is 11.9 Å². The predicted octanol–water partition coefficient (Wildman–Crippen LogP) is 2.30. The molecule has 0 heterocycles. The van der Waals surface area contributed by atoms with Gasteiger partial charge >= 0.3 is 5.97 Å². The number of hydroxylamine groups is 1. The molecule has 3 unspecified atom stereocenters. The van der Waals surface area contributed by atoms with Crippen LogP contribution in [0, 0.1) is 5.92 Å². The van der Waals surface area contributed by atoms with Crippen LogP contribution in [-0.2, 0) is 27.5 Å². The lowest BCUT2D eigenvalue weighted by atomic mass is 10.00. The fourth-order valence-electron chi connectivity index (χ4n) is 3.02. The van der Waals surface area contributed by atoms with Crippen molar-refractivity contribution in [3.63, 3.8) is 0 Å². The van der Waals surface area contributed by atoms with Gasteiger partial charge in [0, 0.05) is 0 Å². The Hall–Kier alpha value is -2.74. The number of aliphatic hydroxyl groups is 1. The lowest BCUT2D eigenvalue weighted by molar-refractivity contribution is -0.145. The topological polar surface area (TPSA) is 108 Å². The summed E-state index contributed by atoms with van der Waals surface area (Å²) in [5.74, 6) is -1.80. The number of rotatable bonds is 12. The van der Waals surface area contributed by atoms with Crippen molar-refractivity contribution in [3.8, 4) is 0 Å². The molecule has 0 radical (unpaired) electrons. The first-order valence-corrected chi connectivity index (χ1v) is 10.0. The molecule has 0 aliphatic heterocycles. The molecule has 0 aliphatic carbocycles. The van der Waals surface area contributed by atoms with Crippen LogP contribution in [0.1, 0.15) is 31.4 Å². The molecule has 7 nitrogen and oxygen atoms in total. The van der Waals surface area contributed by atoms with Gasteiger partial charge in [0.05, 0.1) is 12.6 Å². The van der Waals surface area contributed by atoms with Crippen LogP contribution in [0.4, 0.5) is 0 Å². The number of hydrogen-bond acceptors (Lipinski definition) is 5. The number of nitrogens with one attached hydrogen (secondary N) is 2. The van der Waals surface area contributed by atoms with Gasteiger partial charge in [-0.3, -0.25) is 9.63 Å². The van der Waals surface area contributed by atoms with E-state index in [1.165, 1.54) is 0 Å². The lowest BCUT2D eigenvalue weighted by Gasteiger charge is -2.25. The van der Waals surface area contributed by atoms with Gasteiger partial charge in [-0.15, -0.1) is 0 Å². The first-order chi connectivity index (χ1) is 14.4. The monoisotopic (exact) mass is 414 g/mol. The number of carbonyl (C=O) groups is 2. The molecule has 0 aromatic heterocycles. The average molecular weight is 415 g/mol. The van der Waals surface area contributed by atoms with Crippen molar-refractivity contribution in [2.45, 2.75) is 51.5 Å². The first-order valence-electron chi connectivity index (χ1n) is 10.0. The third-order valence-electron chi connectivity index (χ3n) is 4.59. The zero-order chi connectivity index (χ0) is 21.9. The van der Waals surface area contributed by atoms with E-state index in [1.807, 2.05) is 74.5 Å². The van der Waals surface area contributed by atoms with Gasteiger partial charge in [0.2, 0.25) is 0 Å². The zero-order valence-corrected chi connectivity index (χ0v) is 17.3. The van der Waals surface area contributed by atoms with Crippen LogP contribution in [0.15, 0.2) is 60.7 Å². The van der Waals surface area contributed by atoms with Crippen LogP contribution in [-0.4, -0.2) is 40.3 Å². The van der Waals surface area contributed by atoms with Crippen molar-refractivity contribution < 1.29 is 24.6 Å². The number of carboxylic acid groups (broad SMARTS) is 1. The Balaban J connectivity index is 2.04. The molecule has 30 heavy (non-hydrogen) atoms. The summed E-state index contributed by atoms with van der Waals surface area (Å²) >= 11 is 0. The largest absolute Gasteiger partial charge is 0.480 e. The van der Waals surface area contributed by atoms with E-state index in [4.69, 9.17) is 4.84 Å². The van der Waals surface area contributed by atoms with Crippen LogP contribution in [0.2, 0.25) is 0 Å². The van der Waals surface area contributed by atoms with Crippen molar-refractivity contribution in [1.82, 2.24) is 10.8 Å². The van der Waals surface area contributed by atoms with Gasteiger partial charge in [-0.05, 0) is 29.9 Å². The van der Waals surface area contributed by atoms with Crippen molar-refractivity contribution in [2.24, 2.45) is 5.92 Å². The minimum atomic E-state index is -1.49. The minimum Gasteiger partial charge on any atom is -0.480 e. The number of amides is 1. The number of aliphatic hydroxyl groups excluding tert-OH is 1. The molecular formula is C23H30N2O5. The van der Waals surface area contributed by atoms with Crippen LogP contribution in [0.3, 0.4) is 0 Å². The molecule has 2 rings (SSSR count). The molecule has 7 heteroatoms. The SMILES string of the molecule is CC(C)CC(NC(=O)C(O)C(Cc1ccccc1)NOCc1ccccc1)C(=O)O. The summed E-state index contributed by atoms with van der Waals surface area (Å²) in [6.07, 6.45) is -0.892. The second-order valence-corrected chi connectivity index (χ2v) is 7.66. The maximum atomic E-state index is 12.6. The molecule has 0 spiro atoms. The zero-order valence-electron chi connectivity index (χ0n) is 17.3. The third kappa shape index (κ3) is 7.94. The van der Waals surface area contributed by atoms with Gasteiger partial charge in [0.25, 0.3) is 5.91 Å². The van der Waals surface area contributed by atoms with Crippen LogP contribution >= 0.6 is 0 Å². The van der Waals surface area contributed by atoms with Crippen LogP contribution in [0.25, 0.3) is 0 Å². The Morgan fingerprint density at radius 2 is 1.53 bits per heavy atom. The fraction of sp³-hybridized carbons (Fsp3) is 0.391. The van der Waals surface area contributed by atoms with Gasteiger partial charge in [-0.25, -0.2) is 4.79 Å². The van der Waals surface area contributed by atoms with E-state index in [9.17, 15) is 19.8 Å². The second-order valence-electron chi connectivity index (χ2n) is 7.66. The highest BCUT2D eigenvalue weighted by atomic mass is 16.6. The Bertz CT molecular complexity index is 783. The van der Waals surface area contributed by atoms with E-state index in [0.717, 1.165) is 11.1 Å². The van der Waals surface area contributed by atoms with Crippen molar-refractivity contribution in [2.75, 3.05) is 0 Å². The maximum absolute atomic E-state index is 12.6. The molecule has 2 aromatic rings. The number of benzene rings is 2. The van der Waals surface area contributed by atoms with E-state index in [-0.39, 0.29) is 18.9 Å². The molecule has 0 bridgehead atoms. The Labute approximate surface area is 177 Å². The molecule has 4 N–H and O–H groups in total. The molecule has 0 fully saturated rings. The quantitative estimate of drug-likeness (QED) is 0.397. The molecule has 0 saturated carbocycles. The number of hydrogen-bond donors (Lipinski definition) is 4. The highest BCUT2D eigenvalue weighted by Crippen LogP contribution is 2.10. The highest BCUT2D eigenvalue weighted by molar-refractivity contribution is 5.86.